The highest BCUT2D eigenvalue weighted by molar-refractivity contribution is 9.09. The molecule has 1 N–H and O–H groups in total. The molecule has 0 aliphatic heterocycles. The summed E-state index contributed by atoms with van der Waals surface area (Å²) in [5.74, 6) is -0.802. The Morgan fingerprint density at radius 2 is 2.30 bits per heavy atom. The predicted molar refractivity (Wildman–Crippen MR) is 44.4 cm³/mol. The normalized spacial score (nSPS) is 11.6. The lowest BCUT2D eigenvalue weighted by atomic mass is 10.2. The lowest BCUT2D eigenvalue weighted by molar-refractivity contribution is -0.132. The maximum atomic E-state index is 10.4. The summed E-state index contributed by atoms with van der Waals surface area (Å²) in [7, 11) is 0. The van der Waals surface area contributed by atoms with Crippen molar-refractivity contribution < 1.29 is 9.90 Å². The molecule has 58 valence electrons. The molecule has 0 aromatic heterocycles. The molecule has 0 fully saturated rings. The van der Waals surface area contributed by atoms with Crippen molar-refractivity contribution in [1.29, 1.82) is 0 Å². The van der Waals surface area contributed by atoms with Crippen molar-refractivity contribution in [3.63, 3.8) is 0 Å². The van der Waals surface area contributed by atoms with Gasteiger partial charge < -0.3 is 5.11 Å². The van der Waals surface area contributed by atoms with Gasteiger partial charge >= 0.3 is 5.97 Å². The Labute approximate surface area is 69.1 Å². The third-order valence-corrected chi connectivity index (χ3v) is 1.61. The van der Waals surface area contributed by atoms with E-state index in [4.69, 9.17) is 5.11 Å². The Kier molecular flexibility index (Phi) is 5.30. The molecule has 0 unspecified atom stereocenters. The zero-order chi connectivity index (χ0) is 7.98. The van der Waals surface area contributed by atoms with Crippen LogP contribution in [0.5, 0.6) is 0 Å². The maximum absolute atomic E-state index is 10.4. The molecule has 2 nitrogen and oxygen atoms in total. The Balaban J connectivity index is 3.91. The van der Waals surface area contributed by atoms with E-state index in [1.807, 2.05) is 6.92 Å². The van der Waals surface area contributed by atoms with E-state index in [1.54, 1.807) is 6.08 Å². The molecule has 3 heteroatoms. The first-order valence-electron chi connectivity index (χ1n) is 3.20. The van der Waals surface area contributed by atoms with Gasteiger partial charge in [-0.2, -0.15) is 0 Å². The highest BCUT2D eigenvalue weighted by atomic mass is 79.9. The first-order valence-corrected chi connectivity index (χ1v) is 4.32. The smallest absolute Gasteiger partial charge is 0.331 e. The van der Waals surface area contributed by atoms with E-state index in [0.29, 0.717) is 12.0 Å². The molecule has 0 aliphatic carbocycles. The average Bonchev–Trinajstić information content (AvgIpc) is 1.89. The summed E-state index contributed by atoms with van der Waals surface area (Å²) in [6.45, 7) is 1.84. The summed E-state index contributed by atoms with van der Waals surface area (Å²) in [4.78, 5) is 10.4. The van der Waals surface area contributed by atoms with Crippen LogP contribution in [0.3, 0.4) is 0 Å². The Morgan fingerprint density at radius 1 is 1.70 bits per heavy atom. The van der Waals surface area contributed by atoms with E-state index >= 15 is 0 Å². The lowest BCUT2D eigenvalue weighted by Gasteiger charge is -1.94. The number of carboxylic acid groups (broad SMARTS) is 1. The fourth-order valence-corrected chi connectivity index (χ4v) is 0.841. The second-order valence-electron chi connectivity index (χ2n) is 1.87. The number of allylic oxidation sites excluding steroid dienone is 1. The van der Waals surface area contributed by atoms with Crippen LogP contribution >= 0.6 is 15.9 Å². The minimum Gasteiger partial charge on any atom is -0.478 e. The molecule has 0 bridgehead atoms. The lowest BCUT2D eigenvalue weighted by Crippen LogP contribution is -1.98. The fourth-order valence-electron chi connectivity index (χ4n) is 0.612. The molecule has 0 atom stereocenters. The minimum atomic E-state index is -0.802. The number of aliphatic carboxylic acids is 1. The molecule has 0 aromatic carbocycles. The molecule has 0 radical (unpaired) electrons. The Hall–Kier alpha value is -0.310. The van der Waals surface area contributed by atoms with Gasteiger partial charge in [-0.1, -0.05) is 28.9 Å². The average molecular weight is 207 g/mol. The Bertz CT molecular complexity index is 141. The van der Waals surface area contributed by atoms with E-state index in [2.05, 4.69) is 15.9 Å². The number of alkyl halides is 1. The zero-order valence-electron chi connectivity index (χ0n) is 5.93. The highest BCUT2D eigenvalue weighted by Crippen LogP contribution is 2.02. The molecular formula is C7H11BrO2. The first-order chi connectivity index (χ1) is 4.72. The molecule has 0 heterocycles. The van der Waals surface area contributed by atoms with Gasteiger partial charge in [-0.05, 0) is 12.8 Å². The molecule has 0 amide bonds. The van der Waals surface area contributed by atoms with Crippen molar-refractivity contribution in [3.05, 3.63) is 11.6 Å². The second-order valence-corrected chi connectivity index (χ2v) is 2.66. The Morgan fingerprint density at radius 3 is 2.60 bits per heavy atom. The van der Waals surface area contributed by atoms with Crippen molar-refractivity contribution in [1.82, 2.24) is 0 Å². The summed E-state index contributed by atoms with van der Waals surface area (Å²) in [6, 6.07) is 0. The topological polar surface area (TPSA) is 37.3 Å². The van der Waals surface area contributed by atoms with Crippen molar-refractivity contribution in [2.24, 2.45) is 0 Å². The summed E-state index contributed by atoms with van der Waals surface area (Å²) >= 11 is 3.22. The fraction of sp³-hybridized carbons (Fsp3) is 0.571. The number of halogens is 1. The van der Waals surface area contributed by atoms with Crippen molar-refractivity contribution >= 4 is 21.9 Å². The van der Waals surface area contributed by atoms with Crippen LogP contribution in [-0.2, 0) is 4.79 Å². The van der Waals surface area contributed by atoms with Crippen LogP contribution in [0.25, 0.3) is 0 Å². The van der Waals surface area contributed by atoms with Crippen LogP contribution in [0.4, 0.5) is 0 Å². The number of rotatable bonds is 4. The second kappa shape index (κ2) is 5.47. The first kappa shape index (κ1) is 9.69. The molecule has 0 saturated heterocycles. The number of hydrogen-bond donors (Lipinski definition) is 1. The van der Waals surface area contributed by atoms with Gasteiger partial charge in [0.05, 0.1) is 0 Å². The molecule has 0 aliphatic rings. The molecule has 10 heavy (non-hydrogen) atoms. The summed E-state index contributed by atoms with van der Waals surface area (Å²) in [5.41, 5.74) is 0.499. The zero-order valence-corrected chi connectivity index (χ0v) is 7.52. The standard InChI is InChI=1S/C7H11BrO2/c1-2-6(7(9)10)4-3-5-8/h4H,2-3,5H2,1H3,(H,9,10)/b6-4+. The monoisotopic (exact) mass is 206 g/mol. The van der Waals surface area contributed by atoms with Crippen LogP contribution in [0.2, 0.25) is 0 Å². The summed E-state index contributed by atoms with van der Waals surface area (Å²) in [6.07, 6.45) is 3.13. The quantitative estimate of drug-likeness (QED) is 0.566. The molecule has 0 saturated carbocycles. The van der Waals surface area contributed by atoms with Crippen LogP contribution < -0.4 is 0 Å². The largest absolute Gasteiger partial charge is 0.478 e. The third-order valence-electron chi connectivity index (χ3n) is 1.16. The van der Waals surface area contributed by atoms with E-state index in [0.717, 1.165) is 11.8 Å². The highest BCUT2D eigenvalue weighted by Gasteiger charge is 2.01. The van der Waals surface area contributed by atoms with Crippen molar-refractivity contribution in [2.45, 2.75) is 19.8 Å². The molecule has 0 rings (SSSR count). The van der Waals surface area contributed by atoms with Gasteiger partial charge in [-0.25, -0.2) is 4.79 Å². The molecule has 0 spiro atoms. The van der Waals surface area contributed by atoms with Gasteiger partial charge in [-0.3, -0.25) is 0 Å². The van der Waals surface area contributed by atoms with Gasteiger partial charge in [0.25, 0.3) is 0 Å². The van der Waals surface area contributed by atoms with Crippen molar-refractivity contribution in [2.75, 3.05) is 5.33 Å². The predicted octanol–water partition coefficient (Wildman–Crippen LogP) is 2.19. The van der Waals surface area contributed by atoms with E-state index in [-0.39, 0.29) is 0 Å². The number of carboxylic acids is 1. The summed E-state index contributed by atoms with van der Waals surface area (Å²) < 4.78 is 0. The summed E-state index contributed by atoms with van der Waals surface area (Å²) in [5, 5.41) is 9.34. The van der Waals surface area contributed by atoms with E-state index < -0.39 is 5.97 Å². The molecule has 0 aromatic rings. The van der Waals surface area contributed by atoms with Crippen LogP contribution in [0, 0.1) is 0 Å². The van der Waals surface area contributed by atoms with Gasteiger partial charge in [-0.15, -0.1) is 0 Å². The van der Waals surface area contributed by atoms with Gasteiger partial charge in [0.15, 0.2) is 0 Å². The van der Waals surface area contributed by atoms with Gasteiger partial charge in [0, 0.05) is 10.9 Å². The van der Waals surface area contributed by atoms with Crippen molar-refractivity contribution in [3.8, 4) is 0 Å². The van der Waals surface area contributed by atoms with Crippen LogP contribution in [-0.4, -0.2) is 16.4 Å². The third kappa shape index (κ3) is 3.67. The van der Waals surface area contributed by atoms with Crippen LogP contribution in [0.15, 0.2) is 11.6 Å². The van der Waals surface area contributed by atoms with Crippen LogP contribution in [0.1, 0.15) is 19.8 Å². The maximum Gasteiger partial charge on any atom is 0.331 e. The minimum absolute atomic E-state index is 0.499. The number of carbonyl (C=O) groups is 1. The van der Waals surface area contributed by atoms with E-state index in [9.17, 15) is 4.79 Å². The van der Waals surface area contributed by atoms with E-state index in [1.165, 1.54) is 0 Å². The van der Waals surface area contributed by atoms with Gasteiger partial charge in [0.1, 0.15) is 0 Å². The number of hydrogen-bond acceptors (Lipinski definition) is 1. The van der Waals surface area contributed by atoms with Gasteiger partial charge in [0.2, 0.25) is 0 Å². The SMILES string of the molecule is CC/C(=C\CCBr)C(=O)O. The molecular weight excluding hydrogens is 196 g/mol.